The molecule has 0 aliphatic rings. The van der Waals surface area contributed by atoms with Gasteiger partial charge < -0.3 is 15.6 Å². The van der Waals surface area contributed by atoms with E-state index in [1.54, 1.807) is 18.2 Å². The zero-order valence-corrected chi connectivity index (χ0v) is 9.06. The second kappa shape index (κ2) is 4.74. The van der Waals surface area contributed by atoms with E-state index < -0.39 is 5.82 Å². The monoisotopic (exact) mass is 233 g/mol. The van der Waals surface area contributed by atoms with Gasteiger partial charge in [-0.15, -0.1) is 0 Å². The van der Waals surface area contributed by atoms with Crippen LogP contribution in [0.2, 0.25) is 0 Å². The molecule has 0 aliphatic heterocycles. The van der Waals surface area contributed by atoms with Gasteiger partial charge in [-0.2, -0.15) is 0 Å². The SMILES string of the molecule is Nc1cc(COc2ccc(O)cc2)ccc1F. The molecule has 3 N–H and O–H groups in total. The predicted octanol–water partition coefficient (Wildman–Crippen LogP) is 2.69. The van der Waals surface area contributed by atoms with Crippen LogP contribution in [0, 0.1) is 5.82 Å². The minimum absolute atomic E-state index is 0.108. The Morgan fingerprint density at radius 3 is 2.47 bits per heavy atom. The number of benzene rings is 2. The maximum atomic E-state index is 12.9. The Kier molecular flexibility index (Phi) is 3.14. The number of nitrogens with two attached hydrogens (primary N) is 1. The van der Waals surface area contributed by atoms with Crippen LogP contribution in [0.15, 0.2) is 42.5 Å². The van der Waals surface area contributed by atoms with E-state index >= 15 is 0 Å². The highest BCUT2D eigenvalue weighted by atomic mass is 19.1. The molecule has 0 heterocycles. The summed E-state index contributed by atoms with van der Waals surface area (Å²) < 4.78 is 18.4. The highest BCUT2D eigenvalue weighted by molar-refractivity contribution is 5.42. The van der Waals surface area contributed by atoms with Crippen molar-refractivity contribution in [1.29, 1.82) is 0 Å². The van der Waals surface area contributed by atoms with Crippen molar-refractivity contribution >= 4 is 5.69 Å². The maximum absolute atomic E-state index is 12.9. The van der Waals surface area contributed by atoms with Crippen LogP contribution in [0.5, 0.6) is 11.5 Å². The molecule has 0 saturated heterocycles. The van der Waals surface area contributed by atoms with Crippen LogP contribution >= 0.6 is 0 Å². The Morgan fingerprint density at radius 1 is 1.12 bits per heavy atom. The summed E-state index contributed by atoms with van der Waals surface area (Å²) in [5.74, 6) is 0.382. The average molecular weight is 233 g/mol. The zero-order chi connectivity index (χ0) is 12.3. The number of nitrogen functional groups attached to an aromatic ring is 1. The molecule has 2 rings (SSSR count). The van der Waals surface area contributed by atoms with Gasteiger partial charge in [0.25, 0.3) is 0 Å². The Balaban J connectivity index is 2.02. The van der Waals surface area contributed by atoms with Crippen LogP contribution in [0.3, 0.4) is 0 Å². The van der Waals surface area contributed by atoms with Crippen LogP contribution in [0.4, 0.5) is 10.1 Å². The lowest BCUT2D eigenvalue weighted by molar-refractivity contribution is 0.305. The van der Waals surface area contributed by atoms with E-state index in [0.29, 0.717) is 12.4 Å². The van der Waals surface area contributed by atoms with Gasteiger partial charge in [-0.3, -0.25) is 0 Å². The Hall–Kier alpha value is -2.23. The van der Waals surface area contributed by atoms with Crippen LogP contribution in [-0.4, -0.2) is 5.11 Å². The largest absolute Gasteiger partial charge is 0.508 e. The second-order valence-electron chi connectivity index (χ2n) is 3.64. The molecule has 17 heavy (non-hydrogen) atoms. The van der Waals surface area contributed by atoms with Crippen molar-refractivity contribution in [2.24, 2.45) is 0 Å². The number of halogens is 1. The average Bonchev–Trinajstić information content (AvgIpc) is 2.33. The molecule has 4 heteroatoms. The number of anilines is 1. The number of ether oxygens (including phenoxy) is 1. The third kappa shape index (κ3) is 2.87. The maximum Gasteiger partial charge on any atom is 0.146 e. The van der Waals surface area contributed by atoms with Gasteiger partial charge in [0.15, 0.2) is 0 Å². The smallest absolute Gasteiger partial charge is 0.146 e. The fourth-order valence-electron chi connectivity index (χ4n) is 1.39. The van der Waals surface area contributed by atoms with Crippen molar-refractivity contribution in [3.63, 3.8) is 0 Å². The summed E-state index contributed by atoms with van der Waals surface area (Å²) in [4.78, 5) is 0. The summed E-state index contributed by atoms with van der Waals surface area (Å²) in [5, 5.41) is 9.10. The molecule has 88 valence electrons. The standard InChI is InChI=1S/C13H12FNO2/c14-12-6-1-9(7-13(12)15)8-17-11-4-2-10(16)3-5-11/h1-7,16H,8,15H2. The first-order valence-electron chi connectivity index (χ1n) is 5.11. The molecule has 0 aliphatic carbocycles. The minimum atomic E-state index is -0.432. The first-order valence-corrected chi connectivity index (χ1v) is 5.11. The molecule has 0 radical (unpaired) electrons. The van der Waals surface area contributed by atoms with Crippen LogP contribution in [-0.2, 0) is 6.61 Å². The molecule has 0 aromatic heterocycles. The van der Waals surface area contributed by atoms with Gasteiger partial charge in [-0.25, -0.2) is 4.39 Å². The van der Waals surface area contributed by atoms with Crippen molar-refractivity contribution in [1.82, 2.24) is 0 Å². The summed E-state index contributed by atoms with van der Waals surface area (Å²) in [5.41, 5.74) is 6.34. The van der Waals surface area contributed by atoms with Gasteiger partial charge in [0.1, 0.15) is 23.9 Å². The van der Waals surface area contributed by atoms with Gasteiger partial charge in [0.2, 0.25) is 0 Å². The van der Waals surface area contributed by atoms with Gasteiger partial charge in [0.05, 0.1) is 5.69 Å². The van der Waals surface area contributed by atoms with E-state index in [0.717, 1.165) is 5.56 Å². The molecule has 0 unspecified atom stereocenters. The van der Waals surface area contributed by atoms with E-state index in [-0.39, 0.29) is 11.4 Å². The van der Waals surface area contributed by atoms with Crippen LogP contribution < -0.4 is 10.5 Å². The third-order valence-electron chi connectivity index (χ3n) is 2.30. The summed E-state index contributed by atoms with van der Waals surface area (Å²) in [6, 6.07) is 10.8. The van der Waals surface area contributed by atoms with Crippen molar-refractivity contribution in [3.8, 4) is 11.5 Å². The lowest BCUT2D eigenvalue weighted by Crippen LogP contribution is -1.98. The number of phenolic OH excluding ortho intramolecular Hbond substituents is 1. The zero-order valence-electron chi connectivity index (χ0n) is 9.06. The van der Waals surface area contributed by atoms with Crippen molar-refractivity contribution in [2.75, 3.05) is 5.73 Å². The normalized spacial score (nSPS) is 10.2. The number of phenols is 1. The van der Waals surface area contributed by atoms with Crippen LogP contribution in [0.25, 0.3) is 0 Å². The molecule has 0 amide bonds. The minimum Gasteiger partial charge on any atom is -0.508 e. The first-order chi connectivity index (χ1) is 8.15. The van der Waals surface area contributed by atoms with Gasteiger partial charge >= 0.3 is 0 Å². The molecule has 2 aromatic carbocycles. The molecule has 0 fully saturated rings. The molecule has 2 aromatic rings. The number of hydrogen-bond donors (Lipinski definition) is 2. The third-order valence-corrected chi connectivity index (χ3v) is 2.30. The summed E-state index contributed by atoms with van der Waals surface area (Å²) >= 11 is 0. The Bertz CT molecular complexity index is 511. The Labute approximate surface area is 98.3 Å². The molecular weight excluding hydrogens is 221 g/mol. The molecule has 0 atom stereocenters. The Morgan fingerprint density at radius 2 is 1.82 bits per heavy atom. The van der Waals surface area contributed by atoms with Crippen molar-refractivity contribution in [3.05, 3.63) is 53.8 Å². The fraction of sp³-hybridized carbons (Fsp3) is 0.0769. The fourth-order valence-corrected chi connectivity index (χ4v) is 1.39. The molecule has 0 bridgehead atoms. The highest BCUT2D eigenvalue weighted by Crippen LogP contribution is 2.18. The molecule has 0 spiro atoms. The number of rotatable bonds is 3. The number of aromatic hydroxyl groups is 1. The summed E-state index contributed by atoms with van der Waals surface area (Å²) in [6.45, 7) is 0.301. The van der Waals surface area contributed by atoms with E-state index in [2.05, 4.69) is 0 Å². The van der Waals surface area contributed by atoms with Crippen LogP contribution in [0.1, 0.15) is 5.56 Å². The quantitative estimate of drug-likeness (QED) is 0.801. The summed E-state index contributed by atoms with van der Waals surface area (Å²) in [6.07, 6.45) is 0. The van der Waals surface area contributed by atoms with Gasteiger partial charge in [-0.1, -0.05) is 6.07 Å². The lowest BCUT2D eigenvalue weighted by atomic mass is 10.2. The lowest BCUT2D eigenvalue weighted by Gasteiger charge is -2.07. The van der Waals surface area contributed by atoms with Gasteiger partial charge in [0, 0.05) is 0 Å². The van der Waals surface area contributed by atoms with Crippen molar-refractivity contribution in [2.45, 2.75) is 6.61 Å². The first kappa shape index (κ1) is 11.3. The summed E-state index contributed by atoms with van der Waals surface area (Å²) in [7, 11) is 0. The van der Waals surface area contributed by atoms with E-state index in [1.165, 1.54) is 24.3 Å². The van der Waals surface area contributed by atoms with Crippen molar-refractivity contribution < 1.29 is 14.2 Å². The highest BCUT2D eigenvalue weighted by Gasteiger charge is 2.01. The topological polar surface area (TPSA) is 55.5 Å². The van der Waals surface area contributed by atoms with E-state index in [1.807, 2.05) is 0 Å². The molecule has 3 nitrogen and oxygen atoms in total. The molecule has 0 saturated carbocycles. The van der Waals surface area contributed by atoms with E-state index in [4.69, 9.17) is 15.6 Å². The molecular formula is C13H12FNO2. The predicted molar refractivity (Wildman–Crippen MR) is 63.3 cm³/mol. The van der Waals surface area contributed by atoms with Gasteiger partial charge in [-0.05, 0) is 42.0 Å². The number of hydrogen-bond acceptors (Lipinski definition) is 3. The van der Waals surface area contributed by atoms with E-state index in [9.17, 15) is 4.39 Å². The second-order valence-corrected chi connectivity index (χ2v) is 3.64.